The molecule has 0 amide bonds. The molecule has 2 aromatic carbocycles. The predicted molar refractivity (Wildman–Crippen MR) is 122 cm³/mol. The Balaban J connectivity index is 1.84. The summed E-state index contributed by atoms with van der Waals surface area (Å²) in [5.41, 5.74) is 1.46. The van der Waals surface area contributed by atoms with E-state index in [0.29, 0.717) is 5.76 Å². The molecule has 3 aromatic rings. The zero-order valence-electron chi connectivity index (χ0n) is 16.3. The van der Waals surface area contributed by atoms with Crippen molar-refractivity contribution < 1.29 is 13.9 Å². The van der Waals surface area contributed by atoms with Crippen molar-refractivity contribution in [3.63, 3.8) is 0 Å². The zero-order valence-corrected chi connectivity index (χ0v) is 18.6. The Morgan fingerprint density at radius 2 is 2.06 bits per heavy atom. The summed E-state index contributed by atoms with van der Waals surface area (Å²) >= 11 is 13.6. The first-order chi connectivity index (χ1) is 14.8. The number of ether oxygens (including phenoxy) is 2. The van der Waals surface area contributed by atoms with Crippen molar-refractivity contribution in [1.82, 2.24) is 0 Å². The number of nitriles is 1. The number of halogens is 3. The van der Waals surface area contributed by atoms with E-state index in [2.05, 4.69) is 11.7 Å². The molecule has 0 radical (unpaired) electrons. The lowest BCUT2D eigenvalue weighted by molar-refractivity contribution is 0.438. The molecule has 0 saturated heterocycles. The molecule has 0 spiro atoms. The number of hydrazone groups is 1. The van der Waals surface area contributed by atoms with Gasteiger partial charge < -0.3 is 15.3 Å². The normalized spacial score (nSPS) is 11.1. The quantitative estimate of drug-likeness (QED) is 0.142. The van der Waals surface area contributed by atoms with Crippen LogP contribution in [0.2, 0.25) is 10.0 Å². The van der Waals surface area contributed by atoms with E-state index < -0.39 is 5.82 Å². The second-order valence-corrected chi connectivity index (χ2v) is 8.16. The maximum Gasteiger partial charge on any atom is 0.216 e. The summed E-state index contributed by atoms with van der Waals surface area (Å²) < 4.78 is 26.5. The molecule has 0 unspecified atom stereocenters. The van der Waals surface area contributed by atoms with Crippen LogP contribution in [0.4, 0.5) is 4.39 Å². The van der Waals surface area contributed by atoms with E-state index in [0.717, 1.165) is 10.4 Å². The third-order valence-corrected chi connectivity index (χ3v) is 5.76. The molecular weight excluding hydrogens is 460 g/mol. The number of benzene rings is 2. The number of nitrogens with zero attached hydrogens (tertiary/aromatic N) is 2. The minimum absolute atomic E-state index is 0.0468. The molecule has 9 heteroatoms. The molecule has 0 saturated carbocycles. The van der Waals surface area contributed by atoms with Crippen molar-refractivity contribution in [2.24, 2.45) is 10.9 Å². The summed E-state index contributed by atoms with van der Waals surface area (Å²) in [5.74, 6) is 5.13. The molecule has 1 heterocycles. The maximum atomic E-state index is 15.2. The van der Waals surface area contributed by atoms with Gasteiger partial charge in [0.15, 0.2) is 11.6 Å². The van der Waals surface area contributed by atoms with Gasteiger partial charge in [-0.3, -0.25) is 0 Å². The van der Waals surface area contributed by atoms with Crippen molar-refractivity contribution in [3.05, 3.63) is 85.8 Å². The van der Waals surface area contributed by atoms with E-state index in [4.69, 9.17) is 43.8 Å². The van der Waals surface area contributed by atoms with Gasteiger partial charge in [0.25, 0.3) is 0 Å². The Kier molecular flexibility index (Phi) is 7.18. The first-order valence-electron chi connectivity index (χ1n) is 8.85. The molecule has 158 valence electrons. The van der Waals surface area contributed by atoms with E-state index in [9.17, 15) is 0 Å². The third-order valence-electron chi connectivity index (χ3n) is 4.19. The number of hydrogen-bond donors (Lipinski definition) is 1. The molecule has 0 aliphatic carbocycles. The van der Waals surface area contributed by atoms with Gasteiger partial charge in [0.2, 0.25) is 5.90 Å². The molecule has 1 aromatic heterocycles. The predicted octanol–water partition coefficient (Wildman–Crippen LogP) is 6.67. The first kappa shape index (κ1) is 22.6. The second kappa shape index (κ2) is 9.84. The highest BCUT2D eigenvalue weighted by Crippen LogP contribution is 2.35. The molecule has 0 aliphatic rings. The highest BCUT2D eigenvalue weighted by Gasteiger charge is 2.19. The molecule has 0 bridgehead atoms. The molecule has 31 heavy (non-hydrogen) atoms. The van der Waals surface area contributed by atoms with Crippen molar-refractivity contribution in [1.29, 1.82) is 5.26 Å². The van der Waals surface area contributed by atoms with Gasteiger partial charge in [0.1, 0.15) is 11.5 Å². The lowest BCUT2D eigenvalue weighted by Crippen LogP contribution is -2.12. The maximum absolute atomic E-state index is 15.2. The number of thiophene rings is 1. The highest BCUT2D eigenvalue weighted by molar-refractivity contribution is 7.11. The summed E-state index contributed by atoms with van der Waals surface area (Å²) in [6, 6.07) is 11.2. The summed E-state index contributed by atoms with van der Waals surface area (Å²) in [7, 11) is 0. The molecule has 0 fully saturated rings. The van der Waals surface area contributed by atoms with Gasteiger partial charge in [-0.25, -0.2) is 4.39 Å². The standard InChI is InChI=1S/C22H16Cl2FN3O2S/c1-12-5-6-31-22(12)13(2)29-19(28-27)9-15-3-4-18(24)21(20(15)25)30-17-8-14(11-26)7-16(23)10-17/h3-8,10H,2,9,27H2,1H3/b28-19-. The molecule has 2 N–H and O–H groups in total. The van der Waals surface area contributed by atoms with Crippen LogP contribution >= 0.6 is 34.5 Å². The largest absolute Gasteiger partial charge is 0.453 e. The van der Waals surface area contributed by atoms with Crippen LogP contribution in [0.5, 0.6) is 11.5 Å². The number of nitrogens with two attached hydrogens (primary N) is 1. The van der Waals surface area contributed by atoms with Crippen LogP contribution in [0, 0.1) is 24.1 Å². The van der Waals surface area contributed by atoms with Crippen LogP contribution in [-0.4, -0.2) is 5.90 Å². The van der Waals surface area contributed by atoms with Crippen LogP contribution in [-0.2, 0) is 11.2 Å². The lowest BCUT2D eigenvalue weighted by atomic mass is 10.1. The van der Waals surface area contributed by atoms with Crippen LogP contribution in [0.1, 0.15) is 21.6 Å². The van der Waals surface area contributed by atoms with Gasteiger partial charge >= 0.3 is 0 Å². The average Bonchev–Trinajstić information content (AvgIpc) is 3.18. The van der Waals surface area contributed by atoms with Crippen molar-refractivity contribution >= 4 is 46.2 Å². The van der Waals surface area contributed by atoms with Gasteiger partial charge in [0, 0.05) is 10.6 Å². The van der Waals surface area contributed by atoms with Crippen molar-refractivity contribution in [2.45, 2.75) is 13.3 Å². The Morgan fingerprint density at radius 3 is 2.71 bits per heavy atom. The molecule has 3 rings (SSSR count). The van der Waals surface area contributed by atoms with E-state index in [1.807, 2.05) is 24.4 Å². The smallest absolute Gasteiger partial charge is 0.216 e. The number of aryl methyl sites for hydroxylation is 1. The Labute approximate surface area is 192 Å². The summed E-state index contributed by atoms with van der Waals surface area (Å²) in [6.45, 7) is 5.82. The minimum Gasteiger partial charge on any atom is -0.453 e. The van der Waals surface area contributed by atoms with Gasteiger partial charge in [0.05, 0.1) is 28.0 Å². The van der Waals surface area contributed by atoms with Crippen LogP contribution in [0.25, 0.3) is 5.76 Å². The van der Waals surface area contributed by atoms with E-state index in [-0.39, 0.29) is 45.0 Å². The average molecular weight is 476 g/mol. The monoisotopic (exact) mass is 475 g/mol. The zero-order chi connectivity index (χ0) is 22.5. The first-order valence-corrected chi connectivity index (χ1v) is 10.5. The summed E-state index contributed by atoms with van der Waals surface area (Å²) in [5, 5.41) is 14.9. The highest BCUT2D eigenvalue weighted by atomic mass is 35.5. The SMILES string of the molecule is C=C(O/C(Cc1ccc(Cl)c(Oc2cc(Cl)cc(C#N)c2)c1F)=N\N)c1sccc1C. The topological polar surface area (TPSA) is 80.6 Å². The van der Waals surface area contributed by atoms with E-state index in [1.165, 1.54) is 41.7 Å². The lowest BCUT2D eigenvalue weighted by Gasteiger charge is -2.14. The summed E-state index contributed by atoms with van der Waals surface area (Å²) in [4.78, 5) is 0.844. The summed E-state index contributed by atoms with van der Waals surface area (Å²) in [6.07, 6.45) is -0.0572. The van der Waals surface area contributed by atoms with Gasteiger partial charge in [-0.15, -0.1) is 16.4 Å². The Bertz CT molecular complexity index is 1220. The Hall–Kier alpha value is -3.05. The fourth-order valence-electron chi connectivity index (χ4n) is 2.73. The van der Waals surface area contributed by atoms with E-state index >= 15 is 4.39 Å². The van der Waals surface area contributed by atoms with Crippen LogP contribution in [0.3, 0.4) is 0 Å². The van der Waals surface area contributed by atoms with Crippen molar-refractivity contribution in [2.75, 3.05) is 0 Å². The van der Waals surface area contributed by atoms with Crippen LogP contribution in [0.15, 0.2) is 53.5 Å². The molecule has 5 nitrogen and oxygen atoms in total. The fourth-order valence-corrected chi connectivity index (χ4v) is 3.97. The molecule has 0 aliphatic heterocycles. The van der Waals surface area contributed by atoms with Crippen molar-refractivity contribution in [3.8, 4) is 17.6 Å². The number of hydrogen-bond acceptors (Lipinski definition) is 6. The second-order valence-electron chi connectivity index (χ2n) is 6.40. The van der Waals surface area contributed by atoms with Gasteiger partial charge in [-0.05, 0) is 48.2 Å². The third kappa shape index (κ3) is 5.36. The van der Waals surface area contributed by atoms with E-state index in [1.54, 1.807) is 0 Å². The fraction of sp³-hybridized carbons (Fsp3) is 0.0909. The number of rotatable bonds is 6. The minimum atomic E-state index is -0.714. The molecule has 0 atom stereocenters. The van der Waals surface area contributed by atoms with Crippen LogP contribution < -0.4 is 10.6 Å². The van der Waals surface area contributed by atoms with Gasteiger partial charge in [-0.1, -0.05) is 35.8 Å². The molecular formula is C22H16Cl2FN3O2S. The Morgan fingerprint density at radius 1 is 1.29 bits per heavy atom. The van der Waals surface area contributed by atoms with Gasteiger partial charge in [-0.2, -0.15) is 5.26 Å².